The van der Waals surface area contributed by atoms with Crippen molar-refractivity contribution in [2.24, 2.45) is 0 Å². The maximum atomic E-state index is 10.6. The molecule has 5 heteroatoms. The average molecular weight is 135 g/mol. The highest BCUT2D eigenvalue weighted by molar-refractivity contribution is 6.04. The molecule has 0 saturated heterocycles. The Labute approximate surface area is 56.5 Å². The molecular weight excluding hydrogens is 132 g/mol. The minimum Gasteiger partial charge on any atom is -0.308 e. The lowest BCUT2D eigenvalue weighted by Crippen LogP contribution is -2.02. The summed E-state index contributed by atoms with van der Waals surface area (Å²) in [6.45, 7) is 0. The molecular formula is C5H3N4O. The number of rotatable bonds is 0. The van der Waals surface area contributed by atoms with Crippen molar-refractivity contribution in [3.63, 3.8) is 0 Å². The molecule has 1 aliphatic rings. The normalized spacial score (nSPS) is 14.6. The quantitative estimate of drug-likeness (QED) is 0.514. The van der Waals surface area contributed by atoms with Crippen molar-refractivity contribution in [3.05, 3.63) is 18.4 Å². The SMILES string of the molecule is O=C1[CH]c2nncnc2N1. The number of fused-ring (bicyclic) bond motifs is 1. The molecule has 1 amide bonds. The van der Waals surface area contributed by atoms with E-state index in [0.29, 0.717) is 11.5 Å². The molecule has 1 aliphatic heterocycles. The van der Waals surface area contributed by atoms with Crippen LogP contribution >= 0.6 is 0 Å². The molecule has 1 aromatic rings. The van der Waals surface area contributed by atoms with Crippen LogP contribution in [0.5, 0.6) is 0 Å². The number of hydrogen-bond acceptors (Lipinski definition) is 4. The van der Waals surface area contributed by atoms with Crippen LogP contribution in [-0.4, -0.2) is 21.1 Å². The van der Waals surface area contributed by atoms with Crippen LogP contribution in [0.15, 0.2) is 6.33 Å². The molecule has 0 atom stereocenters. The van der Waals surface area contributed by atoms with E-state index in [-0.39, 0.29) is 5.91 Å². The lowest BCUT2D eigenvalue weighted by atomic mass is 10.4. The van der Waals surface area contributed by atoms with Gasteiger partial charge in [0.2, 0.25) is 5.91 Å². The van der Waals surface area contributed by atoms with E-state index in [1.54, 1.807) is 0 Å². The number of hydrogen-bond donors (Lipinski definition) is 1. The fraction of sp³-hybridized carbons (Fsp3) is 0. The molecule has 49 valence electrons. The summed E-state index contributed by atoms with van der Waals surface area (Å²) in [6, 6.07) is 0. The van der Waals surface area contributed by atoms with E-state index in [0.717, 1.165) is 0 Å². The van der Waals surface area contributed by atoms with Gasteiger partial charge < -0.3 is 5.32 Å². The van der Waals surface area contributed by atoms with E-state index in [1.165, 1.54) is 12.7 Å². The van der Waals surface area contributed by atoms with Gasteiger partial charge in [-0.25, -0.2) is 4.98 Å². The summed E-state index contributed by atoms with van der Waals surface area (Å²) >= 11 is 0. The highest BCUT2D eigenvalue weighted by Gasteiger charge is 2.20. The Morgan fingerprint density at radius 3 is 3.20 bits per heavy atom. The Morgan fingerprint density at radius 1 is 1.50 bits per heavy atom. The molecule has 1 aromatic heterocycles. The lowest BCUT2D eigenvalue weighted by molar-refractivity contribution is -0.112. The Balaban J connectivity index is 2.51. The van der Waals surface area contributed by atoms with E-state index in [1.807, 2.05) is 0 Å². The first-order chi connectivity index (χ1) is 4.86. The standard InChI is InChI=1S/C5H3N4O/c10-4-1-3-5(8-4)6-2-7-9-3/h1-2H,(H,6,7,8,10). The van der Waals surface area contributed by atoms with E-state index in [9.17, 15) is 4.79 Å². The largest absolute Gasteiger partial charge is 0.308 e. The second-order valence-corrected chi connectivity index (χ2v) is 1.83. The van der Waals surface area contributed by atoms with Gasteiger partial charge >= 0.3 is 0 Å². The van der Waals surface area contributed by atoms with Crippen molar-refractivity contribution < 1.29 is 4.79 Å². The Kier molecular flexibility index (Phi) is 0.913. The van der Waals surface area contributed by atoms with Gasteiger partial charge in [0.15, 0.2) is 5.82 Å². The third-order valence-corrected chi connectivity index (χ3v) is 1.16. The van der Waals surface area contributed by atoms with E-state index < -0.39 is 0 Å². The van der Waals surface area contributed by atoms with Crippen molar-refractivity contribution in [2.45, 2.75) is 0 Å². The zero-order valence-corrected chi connectivity index (χ0v) is 4.90. The number of anilines is 1. The van der Waals surface area contributed by atoms with E-state index >= 15 is 0 Å². The summed E-state index contributed by atoms with van der Waals surface area (Å²) in [6.07, 6.45) is 2.65. The minimum absolute atomic E-state index is 0.192. The highest BCUT2D eigenvalue weighted by atomic mass is 16.1. The second-order valence-electron chi connectivity index (χ2n) is 1.83. The molecule has 5 nitrogen and oxygen atoms in total. The Hall–Kier alpha value is -1.52. The fourth-order valence-corrected chi connectivity index (χ4v) is 0.756. The fourth-order valence-electron chi connectivity index (χ4n) is 0.756. The first-order valence-electron chi connectivity index (χ1n) is 2.70. The lowest BCUT2D eigenvalue weighted by Gasteiger charge is -1.89. The molecule has 0 aliphatic carbocycles. The molecule has 0 bridgehead atoms. The zero-order valence-electron chi connectivity index (χ0n) is 4.90. The number of nitrogens with one attached hydrogen (secondary N) is 1. The summed E-state index contributed by atoms with van der Waals surface area (Å²) in [5.74, 6) is 0.294. The summed E-state index contributed by atoms with van der Waals surface area (Å²) in [7, 11) is 0. The molecule has 0 aromatic carbocycles. The first kappa shape index (κ1) is 5.28. The topological polar surface area (TPSA) is 67.8 Å². The zero-order chi connectivity index (χ0) is 6.97. The molecule has 1 N–H and O–H groups in total. The minimum atomic E-state index is -0.192. The molecule has 2 heterocycles. The third kappa shape index (κ3) is 0.637. The maximum absolute atomic E-state index is 10.6. The molecule has 0 fully saturated rings. The van der Waals surface area contributed by atoms with Crippen molar-refractivity contribution >= 4 is 11.7 Å². The number of carbonyl (C=O) groups excluding carboxylic acids is 1. The van der Waals surface area contributed by atoms with Crippen molar-refractivity contribution in [2.75, 3.05) is 5.32 Å². The number of carbonyl (C=O) groups is 1. The molecule has 0 spiro atoms. The van der Waals surface area contributed by atoms with E-state index in [2.05, 4.69) is 20.5 Å². The monoisotopic (exact) mass is 135 g/mol. The van der Waals surface area contributed by atoms with Crippen LogP contribution < -0.4 is 5.32 Å². The van der Waals surface area contributed by atoms with Gasteiger partial charge in [-0.15, -0.1) is 10.2 Å². The number of aromatic nitrogens is 3. The van der Waals surface area contributed by atoms with Gasteiger partial charge in [0, 0.05) is 0 Å². The van der Waals surface area contributed by atoms with Crippen LogP contribution in [0.4, 0.5) is 5.82 Å². The second kappa shape index (κ2) is 1.73. The van der Waals surface area contributed by atoms with Crippen LogP contribution in [0.1, 0.15) is 5.69 Å². The predicted molar refractivity (Wildman–Crippen MR) is 31.9 cm³/mol. The summed E-state index contributed by atoms with van der Waals surface area (Å²) in [4.78, 5) is 14.4. The van der Waals surface area contributed by atoms with Crippen molar-refractivity contribution in [1.82, 2.24) is 15.2 Å². The van der Waals surface area contributed by atoms with Gasteiger partial charge in [0.05, 0.1) is 0 Å². The van der Waals surface area contributed by atoms with Crippen molar-refractivity contribution in [3.8, 4) is 0 Å². The van der Waals surface area contributed by atoms with Gasteiger partial charge in [-0.2, -0.15) is 0 Å². The van der Waals surface area contributed by atoms with E-state index in [4.69, 9.17) is 0 Å². The van der Waals surface area contributed by atoms with Gasteiger partial charge in [-0.05, 0) is 0 Å². The number of amides is 1. The highest BCUT2D eigenvalue weighted by Crippen LogP contribution is 2.16. The maximum Gasteiger partial charge on any atom is 0.236 e. The average Bonchev–Trinajstić information content (AvgIpc) is 2.27. The van der Waals surface area contributed by atoms with Gasteiger partial charge in [0.25, 0.3) is 0 Å². The van der Waals surface area contributed by atoms with Crippen LogP contribution in [0.3, 0.4) is 0 Å². The first-order valence-corrected chi connectivity index (χ1v) is 2.70. The van der Waals surface area contributed by atoms with Gasteiger partial charge in [0.1, 0.15) is 18.4 Å². The van der Waals surface area contributed by atoms with Crippen LogP contribution in [0, 0.1) is 6.42 Å². The molecule has 2 rings (SSSR count). The molecule has 1 radical (unpaired) electrons. The van der Waals surface area contributed by atoms with Gasteiger partial charge in [-0.3, -0.25) is 4.79 Å². The van der Waals surface area contributed by atoms with Crippen molar-refractivity contribution in [1.29, 1.82) is 0 Å². The summed E-state index contributed by atoms with van der Waals surface area (Å²) < 4.78 is 0. The Bertz CT molecular complexity index is 258. The summed E-state index contributed by atoms with van der Waals surface area (Å²) in [5, 5.41) is 9.65. The van der Waals surface area contributed by atoms with Crippen LogP contribution in [-0.2, 0) is 4.79 Å². The smallest absolute Gasteiger partial charge is 0.236 e. The van der Waals surface area contributed by atoms with Crippen LogP contribution in [0.25, 0.3) is 0 Å². The summed E-state index contributed by atoms with van der Waals surface area (Å²) in [5.41, 5.74) is 0.507. The van der Waals surface area contributed by atoms with Gasteiger partial charge in [-0.1, -0.05) is 0 Å². The van der Waals surface area contributed by atoms with Crippen LogP contribution in [0.2, 0.25) is 0 Å². The number of nitrogens with zero attached hydrogens (tertiary/aromatic N) is 3. The molecule has 0 unspecified atom stereocenters. The Morgan fingerprint density at radius 2 is 2.40 bits per heavy atom. The molecule has 0 saturated carbocycles. The predicted octanol–water partition coefficient (Wildman–Crippen LogP) is -0.624. The third-order valence-electron chi connectivity index (χ3n) is 1.16. The molecule has 10 heavy (non-hydrogen) atoms.